The molecule has 0 amide bonds. The van der Waals surface area contributed by atoms with E-state index in [0.717, 1.165) is 0 Å². The van der Waals surface area contributed by atoms with Crippen molar-refractivity contribution < 1.29 is 48.3 Å². The summed E-state index contributed by atoms with van der Waals surface area (Å²) in [6.45, 7) is 25.2. The first-order valence-corrected chi connectivity index (χ1v) is 36.8. The third-order valence-electron chi connectivity index (χ3n) is 13.4. The van der Waals surface area contributed by atoms with Gasteiger partial charge in [-0.25, -0.2) is 19.2 Å². The third-order valence-corrected chi connectivity index (χ3v) is 21.5. The molecule has 68 heavy (non-hydrogen) atoms. The maximum atomic E-state index is 14.4. The Bertz CT molecular complexity index is 2710. The van der Waals surface area contributed by atoms with Gasteiger partial charge in [0.25, 0.3) is 0 Å². The summed E-state index contributed by atoms with van der Waals surface area (Å²) in [5.41, 5.74) is -0.846. The molecular weight excluding hydrogens is 921 g/mol. The maximum Gasteiger partial charge on any atom is 0.338 e. The smallest absolute Gasteiger partial charge is 0.338 e. The lowest BCUT2D eigenvalue weighted by atomic mass is 9.62. The molecule has 0 fully saturated rings. The van der Waals surface area contributed by atoms with Crippen molar-refractivity contribution in [1.29, 1.82) is 0 Å². The fourth-order valence-corrected chi connectivity index (χ4v) is 18.8. The number of hydrogen-bond acceptors (Lipinski definition) is 10. The molecule has 0 spiro atoms. The zero-order chi connectivity index (χ0) is 50.4. The van der Waals surface area contributed by atoms with Crippen LogP contribution in [-0.4, -0.2) is 94.8 Å². The van der Waals surface area contributed by atoms with Crippen molar-refractivity contribution in [3.63, 3.8) is 0 Å². The van der Waals surface area contributed by atoms with Gasteiger partial charge in [0.05, 0.1) is 83.0 Å². The van der Waals surface area contributed by atoms with Crippen molar-refractivity contribution in [2.24, 2.45) is 0 Å². The highest BCUT2D eigenvalue weighted by atomic mass is 28.3. The van der Waals surface area contributed by atoms with E-state index in [1.807, 2.05) is 84.9 Å². The number of carbonyl (C=O) groups is 4. The van der Waals surface area contributed by atoms with Crippen molar-refractivity contribution in [2.75, 3.05) is 28.4 Å². The summed E-state index contributed by atoms with van der Waals surface area (Å²) >= 11 is 0. The van der Waals surface area contributed by atoms with Gasteiger partial charge in [-0.05, 0) is 77.7 Å². The van der Waals surface area contributed by atoms with E-state index in [2.05, 4.69) is 78.6 Å². The standard InChI is InChI=1S/C54H64O10Si4/c1-61-49(55)41-42(50(56)62-2)46(66(8,9)10)34-28-38-37(27-33(34)45(41)65(5,6)7)53(59,31-23-19-17-20-24-31)39-29-35-36(30-40(39)54(38,60)32-25-21-18-22-26-32)48(68(14,15)16)44(52(58)64-4)43(51(57)63-3)47(35)67(11,12)13/h17-30,59-60H,1-16H3. The SMILES string of the molecule is COC(=O)c1c(C(=O)OC)c([Si](C)(C)C)c2cc3c(cc2c1[Si](C)(C)C)C(O)(c1ccccc1)c1cc2c([Si](C)(C)C)c(C(=O)OC)c(C(=O)OC)c([Si](C)(C)C)c2cc1C3(O)c1ccccc1. The normalized spacial score (nSPS) is 17.3. The van der Waals surface area contributed by atoms with Crippen molar-refractivity contribution in [1.82, 2.24) is 0 Å². The van der Waals surface area contributed by atoms with Gasteiger partial charge in [-0.3, -0.25) is 0 Å². The van der Waals surface area contributed by atoms with Crippen LogP contribution in [0.1, 0.15) is 74.8 Å². The molecule has 0 saturated heterocycles. The molecule has 7 rings (SSSR count). The van der Waals surface area contributed by atoms with Gasteiger partial charge in [0.15, 0.2) is 0 Å². The lowest BCUT2D eigenvalue weighted by Crippen LogP contribution is -2.51. The molecule has 0 unspecified atom stereocenters. The lowest BCUT2D eigenvalue weighted by molar-refractivity contribution is 0.0557. The first-order valence-electron chi connectivity index (χ1n) is 22.8. The molecule has 1 aliphatic carbocycles. The number of hydrogen-bond donors (Lipinski definition) is 2. The molecule has 6 aromatic rings. The number of aliphatic hydroxyl groups is 2. The highest BCUT2D eigenvalue weighted by Gasteiger charge is 2.53. The Kier molecular flexibility index (Phi) is 12.7. The average molecular weight is 985 g/mol. The van der Waals surface area contributed by atoms with Gasteiger partial charge in [0, 0.05) is 22.3 Å². The Morgan fingerprint density at radius 1 is 0.368 bits per heavy atom. The summed E-state index contributed by atoms with van der Waals surface area (Å²) in [6.07, 6.45) is 0. The van der Waals surface area contributed by atoms with Gasteiger partial charge in [-0.1, -0.05) is 139 Å². The summed E-state index contributed by atoms with van der Waals surface area (Å²) in [6, 6.07) is 26.3. The zero-order valence-corrected chi connectivity index (χ0v) is 46.2. The van der Waals surface area contributed by atoms with Crippen molar-refractivity contribution in [3.8, 4) is 0 Å². The summed E-state index contributed by atoms with van der Waals surface area (Å²) in [7, 11) is -5.47. The van der Waals surface area contributed by atoms with Crippen LogP contribution in [0.2, 0.25) is 78.6 Å². The molecule has 1 aliphatic rings. The van der Waals surface area contributed by atoms with E-state index < -0.39 is 67.4 Å². The van der Waals surface area contributed by atoms with E-state index in [9.17, 15) is 29.4 Å². The van der Waals surface area contributed by atoms with Crippen molar-refractivity contribution in [2.45, 2.75) is 89.8 Å². The van der Waals surface area contributed by atoms with Crippen LogP contribution in [0.15, 0.2) is 84.9 Å². The van der Waals surface area contributed by atoms with E-state index in [0.29, 0.717) is 75.7 Å². The van der Waals surface area contributed by atoms with Gasteiger partial charge in [0.2, 0.25) is 0 Å². The molecule has 0 atom stereocenters. The van der Waals surface area contributed by atoms with Crippen LogP contribution >= 0.6 is 0 Å². The molecule has 2 N–H and O–H groups in total. The van der Waals surface area contributed by atoms with Crippen LogP contribution in [0.3, 0.4) is 0 Å². The number of rotatable bonds is 10. The highest BCUT2D eigenvalue weighted by molar-refractivity contribution is 6.95. The predicted octanol–water partition coefficient (Wildman–Crippen LogP) is 8.20. The molecule has 0 radical (unpaired) electrons. The summed E-state index contributed by atoms with van der Waals surface area (Å²) in [5, 5.41) is 34.1. The van der Waals surface area contributed by atoms with E-state index in [4.69, 9.17) is 18.9 Å². The fourth-order valence-electron chi connectivity index (χ4n) is 10.9. The molecule has 0 bridgehead atoms. The van der Waals surface area contributed by atoms with E-state index in [1.165, 1.54) is 28.4 Å². The number of benzene rings is 6. The van der Waals surface area contributed by atoms with Gasteiger partial charge in [-0.2, -0.15) is 0 Å². The summed E-state index contributed by atoms with van der Waals surface area (Å²) in [4.78, 5) is 57.3. The second-order valence-electron chi connectivity index (χ2n) is 22.0. The second kappa shape index (κ2) is 17.2. The largest absolute Gasteiger partial charge is 0.465 e. The average Bonchev–Trinajstić information content (AvgIpc) is 3.28. The number of fused-ring (bicyclic) bond motifs is 4. The topological polar surface area (TPSA) is 146 Å². The molecule has 0 saturated carbocycles. The maximum absolute atomic E-state index is 14.4. The highest BCUT2D eigenvalue weighted by Crippen LogP contribution is 2.55. The number of carbonyl (C=O) groups excluding carboxylic acids is 4. The minimum atomic E-state index is -2.67. The molecule has 0 aliphatic heterocycles. The van der Waals surface area contributed by atoms with E-state index in [1.54, 1.807) is 0 Å². The van der Waals surface area contributed by atoms with Crippen LogP contribution in [-0.2, 0) is 30.1 Å². The van der Waals surface area contributed by atoms with Gasteiger partial charge in [-0.15, -0.1) is 0 Å². The van der Waals surface area contributed by atoms with Crippen LogP contribution in [0.5, 0.6) is 0 Å². The number of ether oxygens (including phenoxy) is 4. The monoisotopic (exact) mass is 984 g/mol. The predicted molar refractivity (Wildman–Crippen MR) is 282 cm³/mol. The van der Waals surface area contributed by atoms with Gasteiger partial charge >= 0.3 is 23.9 Å². The Labute approximate surface area is 403 Å². The molecule has 0 heterocycles. The summed E-state index contributed by atoms with van der Waals surface area (Å²) < 4.78 is 22.0. The first-order chi connectivity index (χ1) is 31.6. The Morgan fingerprint density at radius 3 is 0.721 bits per heavy atom. The molecule has 356 valence electrons. The molecule has 14 heteroatoms. The van der Waals surface area contributed by atoms with E-state index >= 15 is 0 Å². The van der Waals surface area contributed by atoms with Gasteiger partial charge in [0.1, 0.15) is 11.2 Å². The van der Waals surface area contributed by atoms with Crippen LogP contribution in [0, 0.1) is 0 Å². The Morgan fingerprint density at radius 2 is 0.559 bits per heavy atom. The van der Waals surface area contributed by atoms with E-state index in [-0.39, 0.29) is 22.3 Å². The molecule has 6 aromatic carbocycles. The second-order valence-corrected chi connectivity index (χ2v) is 42.0. The Balaban J connectivity index is 1.90. The van der Waals surface area contributed by atoms with Crippen LogP contribution in [0.4, 0.5) is 0 Å². The summed E-state index contributed by atoms with van der Waals surface area (Å²) in [5.74, 6) is -2.66. The number of methoxy groups -OCH3 is 4. The minimum Gasteiger partial charge on any atom is -0.465 e. The first kappa shape index (κ1) is 50.4. The quantitative estimate of drug-likeness (QED) is 0.0783. The van der Waals surface area contributed by atoms with Crippen molar-refractivity contribution in [3.05, 3.63) is 141 Å². The number of esters is 4. The Hall–Kier alpha value is -5.49. The van der Waals surface area contributed by atoms with Crippen molar-refractivity contribution >= 4 is 98.5 Å². The van der Waals surface area contributed by atoms with Crippen LogP contribution < -0.4 is 20.7 Å². The molecule has 0 aromatic heterocycles. The molecule has 10 nitrogen and oxygen atoms in total. The lowest BCUT2D eigenvalue weighted by Gasteiger charge is -2.46. The van der Waals surface area contributed by atoms with Crippen LogP contribution in [0.25, 0.3) is 21.5 Å². The zero-order valence-electron chi connectivity index (χ0n) is 42.2. The minimum absolute atomic E-state index is 0.155. The van der Waals surface area contributed by atoms with Gasteiger partial charge < -0.3 is 29.2 Å². The molecular formula is C54H64O10Si4. The fraction of sp³-hybridized carbons (Fsp3) is 0.333. The third kappa shape index (κ3) is 7.73.